The number of carbonyl (C=O) groups excluding carboxylic acids is 5. The minimum atomic E-state index is -0.963. The molecule has 4 aliphatic rings. The first-order valence-electron chi connectivity index (χ1n) is 18.0. The van der Waals surface area contributed by atoms with E-state index in [2.05, 4.69) is 46.4 Å². The summed E-state index contributed by atoms with van der Waals surface area (Å²) in [5.74, 6) is -1.05. The Bertz CT molecular complexity index is 2060. The first-order chi connectivity index (χ1) is 26.0. The van der Waals surface area contributed by atoms with Gasteiger partial charge in [-0.25, -0.2) is 15.0 Å². The second kappa shape index (κ2) is 15.7. The second-order valence-corrected chi connectivity index (χ2v) is 15.3. The standard InChI is InChI=1S/C37H41ClN10O5S/c1-19-5-4-6-24(38)32(19)46-34(51)27-18-41-37(54-27)44-28-17-29(43-21(3)42-28)47-15-11-22(12-16-47)39-13-14-40-25-8-7-23-31(20(25)2)36(53)48(35(23)52)26-9-10-30(49)45-33(26)50/h4-8,17-18,20,22,26,31,39-40H,9-16H2,1-3H3,(H,46,51)(H,45,49,50)(H,41,42,43,44)/t20-,26?,31?/m0/s1. The van der Waals surface area contributed by atoms with Crippen LogP contribution >= 0.6 is 22.9 Å². The molecule has 1 aliphatic carbocycles. The number of allylic oxidation sites excluding steroid dienone is 3. The van der Waals surface area contributed by atoms with Gasteiger partial charge in [-0.15, -0.1) is 0 Å². The van der Waals surface area contributed by atoms with Crippen LogP contribution in [0.15, 0.2) is 53.9 Å². The summed E-state index contributed by atoms with van der Waals surface area (Å²) in [6.07, 6.45) is 7.11. The fourth-order valence-electron chi connectivity index (χ4n) is 7.35. The minimum Gasteiger partial charge on any atom is -0.387 e. The fraction of sp³-hybridized carbons (Fsp3) is 0.405. The number of hydrogen-bond acceptors (Lipinski definition) is 13. The van der Waals surface area contributed by atoms with E-state index in [0.29, 0.717) is 57.1 Å². The van der Waals surface area contributed by atoms with Crippen LogP contribution in [0.5, 0.6) is 0 Å². The summed E-state index contributed by atoms with van der Waals surface area (Å²) in [5, 5.41) is 16.4. The van der Waals surface area contributed by atoms with E-state index in [4.69, 9.17) is 11.6 Å². The van der Waals surface area contributed by atoms with Gasteiger partial charge < -0.3 is 26.2 Å². The van der Waals surface area contributed by atoms with Crippen molar-refractivity contribution >= 4 is 74.9 Å². The lowest BCUT2D eigenvalue weighted by molar-refractivity contribution is -0.151. The van der Waals surface area contributed by atoms with Crippen LogP contribution in [-0.2, 0) is 19.2 Å². The SMILES string of the molecule is Cc1nc(Nc2ncc(C(=O)Nc3c(C)cccc3Cl)s2)cc(N2CCC(NCCNC3=CC=C4C(=O)N(C5CCC(=O)NC5=O)C(=O)C4[C@H]3C)CC2)n1. The molecule has 5 amide bonds. The Hall–Kier alpha value is -5.19. The number of benzene rings is 1. The van der Waals surface area contributed by atoms with Gasteiger partial charge in [0.15, 0.2) is 5.13 Å². The van der Waals surface area contributed by atoms with Crippen molar-refractivity contribution in [3.05, 3.63) is 75.2 Å². The Morgan fingerprint density at radius 3 is 2.61 bits per heavy atom. The molecule has 0 bridgehead atoms. The van der Waals surface area contributed by atoms with Crippen LogP contribution in [0, 0.1) is 25.7 Å². The van der Waals surface area contributed by atoms with Crippen molar-refractivity contribution in [2.45, 2.75) is 58.5 Å². The van der Waals surface area contributed by atoms with Crippen LogP contribution in [0.4, 0.5) is 22.5 Å². The topological polar surface area (TPSA) is 191 Å². The maximum atomic E-state index is 13.4. The predicted octanol–water partition coefficient (Wildman–Crippen LogP) is 3.60. The zero-order chi connectivity index (χ0) is 38.1. The normalized spacial score (nSPS) is 21.7. The van der Waals surface area contributed by atoms with Crippen molar-refractivity contribution < 1.29 is 24.0 Å². The first kappa shape index (κ1) is 37.1. The van der Waals surface area contributed by atoms with Gasteiger partial charge in [0, 0.05) is 61.9 Å². The number of para-hydroxylation sites is 1. The van der Waals surface area contributed by atoms with E-state index in [-0.39, 0.29) is 24.7 Å². The highest BCUT2D eigenvalue weighted by Gasteiger charge is 2.52. The molecule has 1 aromatic carbocycles. The number of piperidine rings is 2. The molecule has 15 nitrogen and oxygen atoms in total. The van der Waals surface area contributed by atoms with E-state index in [1.165, 1.54) is 17.5 Å². The van der Waals surface area contributed by atoms with Crippen LogP contribution < -0.4 is 31.5 Å². The molecule has 0 saturated carbocycles. The lowest BCUT2D eigenvalue weighted by Gasteiger charge is -2.33. The Morgan fingerprint density at radius 1 is 1.06 bits per heavy atom. The van der Waals surface area contributed by atoms with Gasteiger partial charge in [-0.1, -0.05) is 48.1 Å². The molecule has 54 heavy (non-hydrogen) atoms. The third kappa shape index (κ3) is 7.72. The van der Waals surface area contributed by atoms with Crippen molar-refractivity contribution in [1.29, 1.82) is 0 Å². The largest absolute Gasteiger partial charge is 0.387 e. The van der Waals surface area contributed by atoms with Crippen LogP contribution in [-0.4, -0.2) is 87.7 Å². The third-order valence-corrected chi connectivity index (χ3v) is 11.4. The molecule has 7 rings (SSSR count). The number of carbonyl (C=O) groups is 5. The van der Waals surface area contributed by atoms with Gasteiger partial charge in [-0.05, 0) is 50.8 Å². The number of anilines is 4. The number of amides is 5. The first-order valence-corrected chi connectivity index (χ1v) is 19.2. The van der Waals surface area contributed by atoms with Crippen molar-refractivity contribution in [2.24, 2.45) is 11.8 Å². The molecule has 3 saturated heterocycles. The molecule has 17 heteroatoms. The number of thiazole rings is 1. The Morgan fingerprint density at radius 2 is 1.85 bits per heavy atom. The molecule has 3 fully saturated rings. The maximum absolute atomic E-state index is 13.4. The minimum absolute atomic E-state index is 0.0910. The molecule has 0 radical (unpaired) electrons. The molecule has 3 atom stereocenters. The average Bonchev–Trinajstić information content (AvgIpc) is 3.71. The highest BCUT2D eigenvalue weighted by Crippen LogP contribution is 2.39. The summed E-state index contributed by atoms with van der Waals surface area (Å²) in [6, 6.07) is 6.70. The average molecular weight is 773 g/mol. The summed E-state index contributed by atoms with van der Waals surface area (Å²) in [5.41, 5.74) is 2.69. The highest BCUT2D eigenvalue weighted by atomic mass is 35.5. The Balaban J connectivity index is 0.868. The molecule has 282 valence electrons. The Labute approximate surface area is 321 Å². The molecular weight excluding hydrogens is 732 g/mol. The molecule has 3 aliphatic heterocycles. The molecule has 5 heterocycles. The maximum Gasteiger partial charge on any atom is 0.267 e. The van der Waals surface area contributed by atoms with E-state index in [0.717, 1.165) is 47.9 Å². The molecule has 2 aromatic heterocycles. The van der Waals surface area contributed by atoms with Crippen molar-refractivity contribution in [3.63, 3.8) is 0 Å². The number of halogens is 1. The molecular formula is C37H41ClN10O5S. The highest BCUT2D eigenvalue weighted by molar-refractivity contribution is 7.17. The fourth-order valence-corrected chi connectivity index (χ4v) is 8.34. The number of aromatic nitrogens is 3. The summed E-state index contributed by atoms with van der Waals surface area (Å²) in [7, 11) is 0. The van der Waals surface area contributed by atoms with Gasteiger partial charge in [-0.3, -0.25) is 34.2 Å². The lowest BCUT2D eigenvalue weighted by Crippen LogP contribution is -2.54. The van der Waals surface area contributed by atoms with E-state index in [1.54, 1.807) is 12.1 Å². The molecule has 3 aromatic rings. The van der Waals surface area contributed by atoms with Crippen LogP contribution in [0.3, 0.4) is 0 Å². The summed E-state index contributed by atoms with van der Waals surface area (Å²) in [6.45, 7) is 8.58. The number of rotatable bonds is 11. The number of nitrogens with zero attached hydrogens (tertiary/aromatic N) is 5. The number of fused-ring (bicyclic) bond motifs is 1. The van der Waals surface area contributed by atoms with E-state index < -0.39 is 35.6 Å². The van der Waals surface area contributed by atoms with Crippen molar-refractivity contribution in [2.75, 3.05) is 41.7 Å². The quantitative estimate of drug-likeness (QED) is 0.141. The molecule has 0 spiro atoms. The monoisotopic (exact) mass is 772 g/mol. The Kier molecular flexibility index (Phi) is 10.8. The van der Waals surface area contributed by atoms with Crippen molar-refractivity contribution in [1.82, 2.24) is 35.8 Å². The summed E-state index contributed by atoms with van der Waals surface area (Å²) < 4.78 is 0. The molecule has 5 N–H and O–H groups in total. The van der Waals surface area contributed by atoms with E-state index >= 15 is 0 Å². The number of hydrogen-bond donors (Lipinski definition) is 5. The summed E-state index contributed by atoms with van der Waals surface area (Å²) >= 11 is 7.50. The smallest absolute Gasteiger partial charge is 0.267 e. The number of likely N-dealkylation sites (tertiary alicyclic amines) is 1. The van der Waals surface area contributed by atoms with Crippen LogP contribution in [0.1, 0.15) is 53.7 Å². The summed E-state index contributed by atoms with van der Waals surface area (Å²) in [4.78, 5) is 80.8. The van der Waals surface area contributed by atoms with Gasteiger partial charge in [-0.2, -0.15) is 0 Å². The van der Waals surface area contributed by atoms with E-state index in [1.807, 2.05) is 45.0 Å². The molecule has 2 unspecified atom stereocenters. The van der Waals surface area contributed by atoms with Gasteiger partial charge in [0.25, 0.3) is 11.8 Å². The number of imide groups is 2. The zero-order valence-corrected chi connectivity index (χ0v) is 31.6. The zero-order valence-electron chi connectivity index (χ0n) is 30.1. The van der Waals surface area contributed by atoms with Crippen LogP contribution in [0.25, 0.3) is 0 Å². The van der Waals surface area contributed by atoms with Gasteiger partial charge >= 0.3 is 0 Å². The number of aryl methyl sites for hydroxylation is 2. The van der Waals surface area contributed by atoms with E-state index in [9.17, 15) is 24.0 Å². The van der Waals surface area contributed by atoms with Crippen LogP contribution in [0.2, 0.25) is 5.02 Å². The van der Waals surface area contributed by atoms with Crippen molar-refractivity contribution in [3.8, 4) is 0 Å². The third-order valence-electron chi connectivity index (χ3n) is 10.2. The predicted molar refractivity (Wildman–Crippen MR) is 204 cm³/mol. The van der Waals surface area contributed by atoms with Gasteiger partial charge in [0.05, 0.1) is 22.8 Å². The second-order valence-electron chi connectivity index (χ2n) is 13.8. The lowest BCUT2D eigenvalue weighted by atomic mass is 9.82. The number of nitrogens with one attached hydrogen (secondary N) is 5. The van der Waals surface area contributed by atoms with Gasteiger partial charge in [0.1, 0.15) is 28.4 Å². The van der Waals surface area contributed by atoms with Gasteiger partial charge in [0.2, 0.25) is 17.7 Å².